The number of aromatic nitrogens is 2. The number of anilines is 3. The fourth-order valence-electron chi connectivity index (χ4n) is 4.46. The Kier molecular flexibility index (Phi) is 4.66. The molecule has 5 rings (SSSR count). The van der Waals surface area contributed by atoms with Gasteiger partial charge in [0.15, 0.2) is 17.2 Å². The minimum Gasteiger partial charge on any atom is -0.504 e. The molecule has 9 heteroatoms. The van der Waals surface area contributed by atoms with Crippen LogP contribution in [0.3, 0.4) is 0 Å². The second-order valence-electron chi connectivity index (χ2n) is 9.23. The summed E-state index contributed by atoms with van der Waals surface area (Å²) in [6.45, 7) is 7.92. The number of pyridine rings is 1. The highest BCUT2D eigenvalue weighted by Crippen LogP contribution is 2.47. The zero-order valence-electron chi connectivity index (χ0n) is 18.8. The van der Waals surface area contributed by atoms with Gasteiger partial charge < -0.3 is 24.7 Å². The number of nitrogens with zero attached hydrogens (tertiary/aromatic N) is 2. The van der Waals surface area contributed by atoms with E-state index in [1.54, 1.807) is 6.92 Å². The highest BCUT2D eigenvalue weighted by molar-refractivity contribution is 5.83. The molecule has 3 N–H and O–H groups in total. The molecule has 0 amide bonds. The highest BCUT2D eigenvalue weighted by Gasteiger charge is 2.39. The molecule has 33 heavy (non-hydrogen) atoms. The molecule has 1 atom stereocenters. The molecule has 0 spiro atoms. The van der Waals surface area contributed by atoms with Crippen molar-refractivity contribution in [2.24, 2.45) is 5.41 Å². The van der Waals surface area contributed by atoms with E-state index >= 15 is 0 Å². The average Bonchev–Trinajstić information content (AvgIpc) is 3.37. The molecule has 0 saturated carbocycles. The minimum atomic E-state index is -0.650. The summed E-state index contributed by atoms with van der Waals surface area (Å²) in [5.41, 5.74) is 1.00. The van der Waals surface area contributed by atoms with E-state index in [0.717, 1.165) is 29.9 Å². The third-order valence-corrected chi connectivity index (χ3v) is 6.40. The molecule has 0 bridgehead atoms. The number of aromatic hydroxyl groups is 1. The number of hydrogen-bond donors (Lipinski definition) is 3. The first-order valence-electron chi connectivity index (χ1n) is 10.7. The molecule has 0 unspecified atom stereocenters. The lowest BCUT2D eigenvalue weighted by Gasteiger charge is -2.39. The van der Waals surface area contributed by atoms with Crippen LogP contribution in [0.1, 0.15) is 49.0 Å². The van der Waals surface area contributed by atoms with Crippen molar-refractivity contribution in [2.45, 2.75) is 46.6 Å². The van der Waals surface area contributed by atoms with Crippen LogP contribution in [0.4, 0.5) is 17.1 Å². The van der Waals surface area contributed by atoms with Crippen LogP contribution in [0.25, 0.3) is 11.5 Å². The topological polar surface area (TPSA) is 130 Å². The summed E-state index contributed by atoms with van der Waals surface area (Å²) in [7, 11) is 0. The third kappa shape index (κ3) is 3.31. The Morgan fingerprint density at radius 3 is 2.67 bits per heavy atom. The third-order valence-electron chi connectivity index (χ3n) is 6.40. The molecule has 3 heterocycles. The van der Waals surface area contributed by atoms with Gasteiger partial charge in [-0.2, -0.15) is 0 Å². The van der Waals surface area contributed by atoms with Gasteiger partial charge in [0.2, 0.25) is 0 Å². The quantitative estimate of drug-likeness (QED) is 0.386. The number of fused-ring (bicyclic) bond motifs is 1. The van der Waals surface area contributed by atoms with Crippen LogP contribution in [0.15, 0.2) is 43.1 Å². The van der Waals surface area contributed by atoms with Crippen LogP contribution in [0, 0.1) is 19.3 Å². The SMILES string of the molecule is Cc1cc2c(o1)CCC(C)(C)[C@H]2Nc1c(Nc2ccnc(-c3oncc3C)c2O)c(=O)c1=O. The standard InChI is InChI=1S/C24H24N4O5/c1-11-10-26-33-22(11)18-19(29)14(6-8-25-18)27-16-17(21(31)20(16)30)28-23-13-9-12(2)32-15(13)5-7-24(23,3)4/h6,8-10,23,28-29H,5,7H2,1-4H3,(H,25,27)/t23-/m0/s1. The van der Waals surface area contributed by atoms with Crippen molar-refractivity contribution in [3.8, 4) is 17.2 Å². The summed E-state index contributed by atoms with van der Waals surface area (Å²) in [6.07, 6.45) is 4.68. The summed E-state index contributed by atoms with van der Waals surface area (Å²) in [5, 5.41) is 20.7. The fraction of sp³-hybridized carbons (Fsp3) is 0.333. The number of aryl methyl sites for hydroxylation is 3. The molecule has 0 aliphatic heterocycles. The van der Waals surface area contributed by atoms with Crippen molar-refractivity contribution in [1.82, 2.24) is 10.1 Å². The summed E-state index contributed by atoms with van der Waals surface area (Å²) >= 11 is 0. The van der Waals surface area contributed by atoms with E-state index in [2.05, 4.69) is 34.6 Å². The fourth-order valence-corrected chi connectivity index (χ4v) is 4.46. The van der Waals surface area contributed by atoms with Gasteiger partial charge in [-0.25, -0.2) is 4.98 Å². The van der Waals surface area contributed by atoms with Crippen molar-refractivity contribution in [3.05, 3.63) is 67.6 Å². The summed E-state index contributed by atoms with van der Waals surface area (Å²) in [5.74, 6) is 1.83. The molecule has 170 valence electrons. The predicted molar refractivity (Wildman–Crippen MR) is 123 cm³/mol. The number of hydrogen-bond acceptors (Lipinski definition) is 9. The molecule has 0 fully saturated rings. The normalized spacial score (nSPS) is 17.2. The van der Waals surface area contributed by atoms with Gasteiger partial charge in [-0.05, 0) is 37.8 Å². The summed E-state index contributed by atoms with van der Waals surface area (Å²) in [4.78, 5) is 29.1. The Morgan fingerprint density at radius 1 is 1.18 bits per heavy atom. The van der Waals surface area contributed by atoms with E-state index in [4.69, 9.17) is 8.94 Å². The van der Waals surface area contributed by atoms with E-state index in [1.807, 2.05) is 13.0 Å². The Bertz CT molecular complexity index is 1440. The molecule has 9 nitrogen and oxygen atoms in total. The van der Waals surface area contributed by atoms with Crippen molar-refractivity contribution in [1.29, 1.82) is 0 Å². The average molecular weight is 448 g/mol. The monoisotopic (exact) mass is 448 g/mol. The molecule has 1 aliphatic carbocycles. The molecule has 4 aromatic rings. The highest BCUT2D eigenvalue weighted by atomic mass is 16.5. The zero-order valence-corrected chi connectivity index (χ0v) is 18.8. The second-order valence-corrected chi connectivity index (χ2v) is 9.23. The van der Waals surface area contributed by atoms with E-state index in [9.17, 15) is 14.7 Å². The second kappa shape index (κ2) is 7.33. The Morgan fingerprint density at radius 2 is 1.94 bits per heavy atom. The van der Waals surface area contributed by atoms with E-state index in [-0.39, 0.29) is 40.0 Å². The van der Waals surface area contributed by atoms with Gasteiger partial charge in [0.1, 0.15) is 22.9 Å². The van der Waals surface area contributed by atoms with Crippen LogP contribution in [-0.4, -0.2) is 15.2 Å². The summed E-state index contributed by atoms with van der Waals surface area (Å²) < 4.78 is 11.0. The molecule has 0 saturated heterocycles. The van der Waals surface area contributed by atoms with E-state index < -0.39 is 10.9 Å². The number of furan rings is 1. The minimum absolute atomic E-state index is 0.102. The first-order valence-corrected chi connectivity index (χ1v) is 10.7. The van der Waals surface area contributed by atoms with Crippen molar-refractivity contribution >= 4 is 17.1 Å². The van der Waals surface area contributed by atoms with Crippen LogP contribution < -0.4 is 21.5 Å². The van der Waals surface area contributed by atoms with Crippen molar-refractivity contribution in [3.63, 3.8) is 0 Å². The first kappa shape index (κ1) is 21.0. The van der Waals surface area contributed by atoms with Crippen LogP contribution in [-0.2, 0) is 6.42 Å². The van der Waals surface area contributed by atoms with Gasteiger partial charge >= 0.3 is 0 Å². The maximum absolute atomic E-state index is 12.5. The number of rotatable bonds is 5. The predicted octanol–water partition coefficient (Wildman–Crippen LogP) is 4.12. The van der Waals surface area contributed by atoms with Gasteiger partial charge in [0.25, 0.3) is 10.9 Å². The molecule has 3 aromatic heterocycles. The lowest BCUT2D eigenvalue weighted by Crippen LogP contribution is -2.41. The first-order chi connectivity index (χ1) is 15.7. The van der Waals surface area contributed by atoms with Gasteiger partial charge in [-0.1, -0.05) is 19.0 Å². The van der Waals surface area contributed by atoms with E-state index in [0.29, 0.717) is 11.3 Å². The molecule has 1 aromatic carbocycles. The number of nitrogens with one attached hydrogen (secondary N) is 2. The van der Waals surface area contributed by atoms with Gasteiger partial charge in [0, 0.05) is 23.7 Å². The van der Waals surface area contributed by atoms with Crippen molar-refractivity contribution < 1.29 is 14.0 Å². The lowest BCUT2D eigenvalue weighted by atomic mass is 9.72. The largest absolute Gasteiger partial charge is 0.504 e. The van der Waals surface area contributed by atoms with Crippen LogP contribution in [0.2, 0.25) is 0 Å². The maximum Gasteiger partial charge on any atom is 0.253 e. The Labute approximate surface area is 189 Å². The Balaban J connectivity index is 1.49. The molecule has 1 aliphatic rings. The van der Waals surface area contributed by atoms with Gasteiger partial charge in [0.05, 0.1) is 17.9 Å². The van der Waals surface area contributed by atoms with Crippen LogP contribution >= 0.6 is 0 Å². The smallest absolute Gasteiger partial charge is 0.253 e. The van der Waals surface area contributed by atoms with Crippen molar-refractivity contribution in [2.75, 3.05) is 10.6 Å². The van der Waals surface area contributed by atoms with Crippen LogP contribution in [0.5, 0.6) is 5.75 Å². The maximum atomic E-state index is 12.5. The molecule has 0 radical (unpaired) electrons. The zero-order chi connectivity index (χ0) is 23.5. The van der Waals surface area contributed by atoms with E-state index in [1.165, 1.54) is 18.5 Å². The molecular formula is C24H24N4O5. The van der Waals surface area contributed by atoms with Gasteiger partial charge in [-0.15, -0.1) is 0 Å². The Hall–Kier alpha value is -3.88. The molecular weight excluding hydrogens is 424 g/mol. The van der Waals surface area contributed by atoms with Gasteiger partial charge in [-0.3, -0.25) is 9.59 Å². The lowest BCUT2D eigenvalue weighted by molar-refractivity contribution is 0.249. The summed E-state index contributed by atoms with van der Waals surface area (Å²) in [6, 6.07) is 3.29.